The van der Waals surface area contributed by atoms with Gasteiger partial charge in [0, 0.05) is 6.61 Å². The second kappa shape index (κ2) is 7.40. The lowest BCUT2D eigenvalue weighted by molar-refractivity contribution is -0.0421. The van der Waals surface area contributed by atoms with Gasteiger partial charge in [-0.25, -0.2) is 0 Å². The van der Waals surface area contributed by atoms with Crippen LogP contribution in [0.1, 0.15) is 12.5 Å². The predicted octanol–water partition coefficient (Wildman–Crippen LogP) is 1.60. The highest BCUT2D eigenvalue weighted by Gasteiger charge is 2.06. The molecule has 0 radical (unpaired) electrons. The maximum absolute atomic E-state index is 8.95. The van der Waals surface area contributed by atoms with Crippen molar-refractivity contribution in [2.45, 2.75) is 19.6 Å². The van der Waals surface area contributed by atoms with Crippen molar-refractivity contribution < 1.29 is 14.6 Å². The molecule has 0 heterocycles. The van der Waals surface area contributed by atoms with Crippen LogP contribution < -0.4 is 0 Å². The van der Waals surface area contributed by atoms with E-state index in [1.807, 2.05) is 37.3 Å². The molecule has 0 aliphatic rings. The summed E-state index contributed by atoms with van der Waals surface area (Å²) in [5.41, 5.74) is 1.13. The molecule has 84 valence electrons. The first-order valence-corrected chi connectivity index (χ1v) is 5.21. The van der Waals surface area contributed by atoms with Crippen molar-refractivity contribution in [3.63, 3.8) is 0 Å². The molecule has 3 nitrogen and oxygen atoms in total. The summed E-state index contributed by atoms with van der Waals surface area (Å²) in [7, 11) is 0. The molecule has 0 saturated carbocycles. The zero-order chi connectivity index (χ0) is 10.9. The lowest BCUT2D eigenvalue weighted by Gasteiger charge is -2.14. The van der Waals surface area contributed by atoms with Gasteiger partial charge in [-0.1, -0.05) is 30.3 Å². The van der Waals surface area contributed by atoms with E-state index in [1.165, 1.54) is 0 Å². The van der Waals surface area contributed by atoms with Crippen LogP contribution in [0.5, 0.6) is 0 Å². The Morgan fingerprint density at radius 2 is 2.00 bits per heavy atom. The second-order valence-corrected chi connectivity index (χ2v) is 3.26. The number of benzene rings is 1. The van der Waals surface area contributed by atoms with Crippen molar-refractivity contribution in [1.29, 1.82) is 0 Å². The van der Waals surface area contributed by atoms with Gasteiger partial charge >= 0.3 is 0 Å². The summed E-state index contributed by atoms with van der Waals surface area (Å²) >= 11 is 0. The Balaban J connectivity index is 2.20. The zero-order valence-electron chi connectivity index (χ0n) is 9.06. The summed E-state index contributed by atoms with van der Waals surface area (Å²) in [4.78, 5) is 0. The van der Waals surface area contributed by atoms with Crippen molar-refractivity contribution in [1.82, 2.24) is 0 Å². The van der Waals surface area contributed by atoms with E-state index in [9.17, 15) is 0 Å². The molecule has 0 aromatic heterocycles. The van der Waals surface area contributed by atoms with Crippen molar-refractivity contribution in [3.05, 3.63) is 35.9 Å². The number of hydrogen-bond acceptors (Lipinski definition) is 3. The van der Waals surface area contributed by atoms with Crippen molar-refractivity contribution in [3.8, 4) is 0 Å². The van der Waals surface area contributed by atoms with Crippen molar-refractivity contribution in [2.75, 3.05) is 19.8 Å². The average Bonchev–Trinajstić information content (AvgIpc) is 2.29. The van der Waals surface area contributed by atoms with Gasteiger partial charge in [0.2, 0.25) is 0 Å². The molecule has 0 aliphatic carbocycles. The molecule has 0 fully saturated rings. The third-order valence-corrected chi connectivity index (χ3v) is 2.02. The molecule has 1 unspecified atom stereocenters. The van der Waals surface area contributed by atoms with Gasteiger partial charge in [0.1, 0.15) is 6.10 Å². The van der Waals surface area contributed by atoms with E-state index in [2.05, 4.69) is 0 Å². The highest BCUT2D eigenvalue weighted by atomic mass is 16.5. The van der Waals surface area contributed by atoms with E-state index in [-0.39, 0.29) is 12.7 Å². The van der Waals surface area contributed by atoms with E-state index in [1.54, 1.807) is 0 Å². The quantitative estimate of drug-likeness (QED) is 0.743. The summed E-state index contributed by atoms with van der Waals surface area (Å²) in [6, 6.07) is 9.94. The SMILES string of the molecule is CCOC(CO)COCc1ccccc1. The van der Waals surface area contributed by atoms with E-state index >= 15 is 0 Å². The van der Waals surface area contributed by atoms with Crippen LogP contribution in [0, 0.1) is 0 Å². The molecule has 15 heavy (non-hydrogen) atoms. The fourth-order valence-electron chi connectivity index (χ4n) is 1.27. The molecule has 1 N–H and O–H groups in total. The minimum atomic E-state index is -0.210. The Labute approximate surface area is 90.6 Å². The van der Waals surface area contributed by atoms with Crippen molar-refractivity contribution >= 4 is 0 Å². The van der Waals surface area contributed by atoms with E-state index in [0.29, 0.717) is 19.8 Å². The van der Waals surface area contributed by atoms with E-state index in [4.69, 9.17) is 14.6 Å². The van der Waals surface area contributed by atoms with Gasteiger partial charge in [-0.15, -0.1) is 0 Å². The second-order valence-electron chi connectivity index (χ2n) is 3.26. The molecule has 1 rings (SSSR count). The molecule has 0 saturated heterocycles. The Hall–Kier alpha value is -0.900. The molecule has 1 aromatic rings. The molecule has 1 aromatic carbocycles. The first-order chi connectivity index (χ1) is 7.36. The number of aliphatic hydroxyl groups excluding tert-OH is 1. The minimum absolute atomic E-state index is 0.00261. The molecular formula is C12H18O3. The van der Waals surface area contributed by atoms with Crippen LogP contribution in [0.4, 0.5) is 0 Å². The van der Waals surface area contributed by atoms with Crippen LogP contribution in [0.15, 0.2) is 30.3 Å². The predicted molar refractivity (Wildman–Crippen MR) is 58.6 cm³/mol. The Morgan fingerprint density at radius 3 is 2.60 bits per heavy atom. The standard InChI is InChI=1S/C12H18O3/c1-2-15-12(8-13)10-14-9-11-6-4-3-5-7-11/h3-7,12-13H,2,8-10H2,1H3. The molecule has 1 atom stereocenters. The number of aliphatic hydroxyl groups is 1. The molecular weight excluding hydrogens is 192 g/mol. The molecule has 0 spiro atoms. The van der Waals surface area contributed by atoms with Gasteiger partial charge in [0.15, 0.2) is 0 Å². The maximum atomic E-state index is 8.95. The summed E-state index contributed by atoms with van der Waals surface area (Å²) in [5.74, 6) is 0. The molecule has 0 aliphatic heterocycles. The van der Waals surface area contributed by atoms with E-state index in [0.717, 1.165) is 5.56 Å². The molecule has 0 bridgehead atoms. The molecule has 3 heteroatoms. The number of ether oxygens (including phenoxy) is 2. The van der Waals surface area contributed by atoms with Crippen LogP contribution in [0.25, 0.3) is 0 Å². The van der Waals surface area contributed by atoms with Gasteiger partial charge in [0.05, 0.1) is 19.8 Å². The van der Waals surface area contributed by atoms with Gasteiger partial charge in [-0.2, -0.15) is 0 Å². The number of rotatable bonds is 7. The fourth-order valence-corrected chi connectivity index (χ4v) is 1.27. The van der Waals surface area contributed by atoms with Crippen LogP contribution in [-0.4, -0.2) is 31.0 Å². The molecule has 0 amide bonds. The van der Waals surface area contributed by atoms with Gasteiger partial charge in [-0.05, 0) is 12.5 Å². The number of hydrogen-bond donors (Lipinski definition) is 1. The van der Waals surface area contributed by atoms with Gasteiger partial charge in [0.25, 0.3) is 0 Å². The van der Waals surface area contributed by atoms with Crippen LogP contribution in [0.3, 0.4) is 0 Å². The third kappa shape index (κ3) is 4.93. The normalized spacial score (nSPS) is 12.7. The minimum Gasteiger partial charge on any atom is -0.394 e. The summed E-state index contributed by atoms with van der Waals surface area (Å²) in [6.45, 7) is 3.49. The smallest absolute Gasteiger partial charge is 0.104 e. The lowest BCUT2D eigenvalue weighted by Crippen LogP contribution is -2.23. The Kier molecular flexibility index (Phi) is 6.00. The summed E-state index contributed by atoms with van der Waals surface area (Å²) in [6.07, 6.45) is -0.210. The van der Waals surface area contributed by atoms with E-state index < -0.39 is 0 Å². The topological polar surface area (TPSA) is 38.7 Å². The summed E-state index contributed by atoms with van der Waals surface area (Å²) < 4.78 is 10.7. The summed E-state index contributed by atoms with van der Waals surface area (Å²) in [5, 5.41) is 8.95. The Morgan fingerprint density at radius 1 is 1.27 bits per heavy atom. The fraction of sp³-hybridized carbons (Fsp3) is 0.500. The highest BCUT2D eigenvalue weighted by Crippen LogP contribution is 2.01. The largest absolute Gasteiger partial charge is 0.394 e. The van der Waals surface area contributed by atoms with Crippen molar-refractivity contribution in [2.24, 2.45) is 0 Å². The third-order valence-electron chi connectivity index (χ3n) is 2.02. The van der Waals surface area contributed by atoms with Gasteiger partial charge < -0.3 is 14.6 Å². The highest BCUT2D eigenvalue weighted by molar-refractivity contribution is 5.13. The maximum Gasteiger partial charge on any atom is 0.104 e. The van der Waals surface area contributed by atoms with Crippen LogP contribution >= 0.6 is 0 Å². The average molecular weight is 210 g/mol. The lowest BCUT2D eigenvalue weighted by atomic mass is 10.2. The monoisotopic (exact) mass is 210 g/mol. The van der Waals surface area contributed by atoms with Crippen LogP contribution in [0.2, 0.25) is 0 Å². The van der Waals surface area contributed by atoms with Crippen LogP contribution in [-0.2, 0) is 16.1 Å². The first kappa shape index (κ1) is 12.2. The van der Waals surface area contributed by atoms with Gasteiger partial charge in [-0.3, -0.25) is 0 Å². The first-order valence-electron chi connectivity index (χ1n) is 5.21. The zero-order valence-corrected chi connectivity index (χ0v) is 9.06. The Bertz CT molecular complexity index is 248.